The number of hydrogen-bond acceptors (Lipinski definition) is 6. The molecule has 3 N–H and O–H groups in total. The Morgan fingerprint density at radius 1 is 1.33 bits per heavy atom. The van der Waals surface area contributed by atoms with Crippen molar-refractivity contribution < 1.29 is 19.7 Å². The molecule has 2 aliphatic rings. The van der Waals surface area contributed by atoms with Crippen LogP contribution in [-0.4, -0.2) is 48.0 Å². The van der Waals surface area contributed by atoms with E-state index in [2.05, 4.69) is 16.8 Å². The predicted molar refractivity (Wildman–Crippen MR) is 119 cm³/mol. The number of rotatable bonds is 5. The van der Waals surface area contributed by atoms with Crippen LogP contribution in [0.1, 0.15) is 34.6 Å². The third-order valence-corrected chi connectivity index (χ3v) is 7.68. The lowest BCUT2D eigenvalue weighted by molar-refractivity contribution is -0.148. The van der Waals surface area contributed by atoms with Crippen LogP contribution in [0.2, 0.25) is 10.0 Å². The summed E-state index contributed by atoms with van der Waals surface area (Å²) in [5, 5.41) is 25.8. The highest BCUT2D eigenvalue weighted by Crippen LogP contribution is 2.50. The van der Waals surface area contributed by atoms with Gasteiger partial charge in [0.2, 0.25) is 0 Å². The van der Waals surface area contributed by atoms with E-state index >= 15 is 0 Å². The molecule has 3 unspecified atom stereocenters. The number of carboxylic acids is 1. The normalized spacial score (nSPS) is 26.3. The quantitative estimate of drug-likeness (QED) is 0.574. The molecular formula is C21H22Cl2N2O4S. The van der Waals surface area contributed by atoms with Gasteiger partial charge in [0, 0.05) is 19.0 Å². The first kappa shape index (κ1) is 21.6. The number of carboxylic acid groups (broad SMARTS) is 1. The fourth-order valence-electron chi connectivity index (χ4n) is 4.28. The SMILES string of the molecule is C=CCC1(C(=O)O)NC(O)c2sc(N3CCOCC3)cc2C1c1ccc(Cl)c(Cl)c1. The Balaban J connectivity index is 1.90. The second-order valence-electron chi connectivity index (χ2n) is 7.43. The summed E-state index contributed by atoms with van der Waals surface area (Å²) in [4.78, 5) is 15.5. The van der Waals surface area contributed by atoms with Crippen LogP contribution >= 0.6 is 34.5 Å². The van der Waals surface area contributed by atoms with Crippen LogP contribution in [0.4, 0.5) is 5.00 Å². The van der Waals surface area contributed by atoms with Crippen molar-refractivity contribution in [2.24, 2.45) is 0 Å². The van der Waals surface area contributed by atoms with Gasteiger partial charge >= 0.3 is 5.97 Å². The fraction of sp³-hybridized carbons (Fsp3) is 0.381. The second kappa shape index (κ2) is 8.49. The van der Waals surface area contributed by atoms with Gasteiger partial charge in [-0.3, -0.25) is 10.1 Å². The molecule has 160 valence electrons. The molecule has 0 radical (unpaired) electrons. The number of carbonyl (C=O) groups is 1. The highest BCUT2D eigenvalue weighted by molar-refractivity contribution is 7.16. The molecular weight excluding hydrogens is 447 g/mol. The molecule has 1 aromatic heterocycles. The number of fused-ring (bicyclic) bond motifs is 1. The van der Waals surface area contributed by atoms with E-state index in [1.54, 1.807) is 24.3 Å². The maximum Gasteiger partial charge on any atom is 0.325 e. The Morgan fingerprint density at radius 3 is 2.70 bits per heavy atom. The van der Waals surface area contributed by atoms with Crippen molar-refractivity contribution in [3.05, 3.63) is 63.0 Å². The highest BCUT2D eigenvalue weighted by Gasteiger charge is 2.52. The van der Waals surface area contributed by atoms with Crippen LogP contribution in [0.5, 0.6) is 0 Å². The van der Waals surface area contributed by atoms with Gasteiger partial charge in [-0.05, 0) is 35.7 Å². The molecule has 1 saturated heterocycles. The monoisotopic (exact) mass is 468 g/mol. The highest BCUT2D eigenvalue weighted by atomic mass is 35.5. The summed E-state index contributed by atoms with van der Waals surface area (Å²) in [6, 6.07) is 7.14. The van der Waals surface area contributed by atoms with Crippen LogP contribution in [0, 0.1) is 0 Å². The average molecular weight is 469 g/mol. The Bertz CT molecular complexity index is 976. The largest absolute Gasteiger partial charge is 0.480 e. The molecule has 0 saturated carbocycles. The summed E-state index contributed by atoms with van der Waals surface area (Å²) in [5.74, 6) is -1.66. The molecule has 1 fully saturated rings. The first-order chi connectivity index (χ1) is 14.4. The molecule has 3 heterocycles. The number of aliphatic hydroxyl groups is 1. The molecule has 30 heavy (non-hydrogen) atoms. The molecule has 0 bridgehead atoms. The minimum Gasteiger partial charge on any atom is -0.480 e. The smallest absolute Gasteiger partial charge is 0.325 e. The van der Waals surface area contributed by atoms with Crippen molar-refractivity contribution >= 4 is 45.5 Å². The number of aliphatic hydroxyl groups excluding tert-OH is 1. The van der Waals surface area contributed by atoms with Crippen LogP contribution < -0.4 is 10.2 Å². The first-order valence-electron chi connectivity index (χ1n) is 9.58. The molecule has 0 spiro atoms. The van der Waals surface area contributed by atoms with Gasteiger partial charge in [0.25, 0.3) is 0 Å². The van der Waals surface area contributed by atoms with Gasteiger partial charge in [-0.2, -0.15) is 0 Å². The predicted octanol–water partition coefficient (Wildman–Crippen LogP) is 4.02. The lowest BCUT2D eigenvalue weighted by atomic mass is 9.70. The number of ether oxygens (including phenoxy) is 1. The Labute approximate surface area is 188 Å². The van der Waals surface area contributed by atoms with Gasteiger partial charge in [0.1, 0.15) is 11.8 Å². The standard InChI is InChI=1S/C21H22Cl2N2O4S/c1-2-5-21(20(27)28)17(12-3-4-14(22)15(23)10-12)13-11-16(25-6-8-29-9-7-25)30-18(13)19(26)24-21/h2-4,10-11,17,19,24,26H,1,5-9H2,(H,27,28). The third-order valence-electron chi connectivity index (χ3n) is 5.67. The van der Waals surface area contributed by atoms with Crippen LogP contribution in [0.25, 0.3) is 0 Å². The lowest BCUT2D eigenvalue weighted by Gasteiger charge is -2.43. The third kappa shape index (κ3) is 3.64. The van der Waals surface area contributed by atoms with Gasteiger partial charge in [-0.1, -0.05) is 35.3 Å². The summed E-state index contributed by atoms with van der Waals surface area (Å²) >= 11 is 13.8. The fourth-order valence-corrected chi connectivity index (χ4v) is 5.77. The molecule has 3 atom stereocenters. The van der Waals surface area contributed by atoms with Crippen molar-refractivity contribution in [1.29, 1.82) is 0 Å². The second-order valence-corrected chi connectivity index (χ2v) is 9.30. The number of benzene rings is 1. The van der Waals surface area contributed by atoms with Gasteiger partial charge in [0.05, 0.1) is 33.1 Å². The minimum atomic E-state index is -1.48. The number of aliphatic carboxylic acids is 1. The van der Waals surface area contributed by atoms with Crippen LogP contribution in [0.3, 0.4) is 0 Å². The maximum absolute atomic E-state index is 12.6. The molecule has 0 amide bonds. The van der Waals surface area contributed by atoms with Gasteiger partial charge in [0.15, 0.2) is 0 Å². The zero-order chi connectivity index (χ0) is 21.5. The van der Waals surface area contributed by atoms with Crippen molar-refractivity contribution in [2.45, 2.75) is 24.1 Å². The summed E-state index contributed by atoms with van der Waals surface area (Å²) in [6.07, 6.45) is 0.570. The van der Waals surface area contributed by atoms with E-state index < -0.39 is 23.7 Å². The van der Waals surface area contributed by atoms with E-state index in [9.17, 15) is 15.0 Å². The van der Waals surface area contributed by atoms with Gasteiger partial charge < -0.3 is 19.8 Å². The van der Waals surface area contributed by atoms with Gasteiger partial charge in [-0.15, -0.1) is 17.9 Å². The molecule has 4 rings (SSSR count). The maximum atomic E-state index is 12.6. The van der Waals surface area contributed by atoms with E-state index in [1.165, 1.54) is 11.3 Å². The molecule has 2 aliphatic heterocycles. The number of anilines is 1. The first-order valence-corrected chi connectivity index (χ1v) is 11.2. The lowest BCUT2D eigenvalue weighted by Crippen LogP contribution is -2.59. The summed E-state index contributed by atoms with van der Waals surface area (Å²) in [6.45, 7) is 6.51. The number of nitrogens with zero attached hydrogens (tertiary/aromatic N) is 1. The van der Waals surface area contributed by atoms with E-state index in [4.69, 9.17) is 27.9 Å². The van der Waals surface area contributed by atoms with E-state index in [0.29, 0.717) is 33.7 Å². The zero-order valence-corrected chi connectivity index (χ0v) is 18.4. The Hall–Kier alpha value is -1.61. The summed E-state index contributed by atoms with van der Waals surface area (Å²) in [7, 11) is 0. The summed E-state index contributed by atoms with van der Waals surface area (Å²) in [5.41, 5.74) is 0.00491. The number of halogens is 2. The number of morpholine rings is 1. The van der Waals surface area contributed by atoms with Gasteiger partial charge in [-0.25, -0.2) is 0 Å². The van der Waals surface area contributed by atoms with E-state index in [0.717, 1.165) is 23.7 Å². The zero-order valence-electron chi connectivity index (χ0n) is 16.1. The molecule has 0 aliphatic carbocycles. The van der Waals surface area contributed by atoms with Crippen LogP contribution in [-0.2, 0) is 9.53 Å². The Morgan fingerprint density at radius 2 is 2.07 bits per heavy atom. The Kier molecular flexibility index (Phi) is 6.12. The topological polar surface area (TPSA) is 82.0 Å². The molecule has 2 aromatic rings. The number of thiophene rings is 1. The van der Waals surface area contributed by atoms with Crippen molar-refractivity contribution in [2.75, 3.05) is 31.2 Å². The van der Waals surface area contributed by atoms with E-state index in [-0.39, 0.29) is 6.42 Å². The van der Waals surface area contributed by atoms with Crippen molar-refractivity contribution in [3.8, 4) is 0 Å². The molecule has 9 heteroatoms. The minimum absolute atomic E-state index is 0.118. The van der Waals surface area contributed by atoms with Crippen molar-refractivity contribution in [3.63, 3.8) is 0 Å². The van der Waals surface area contributed by atoms with E-state index in [1.807, 2.05) is 6.07 Å². The number of nitrogens with one attached hydrogen (secondary N) is 1. The van der Waals surface area contributed by atoms with Crippen molar-refractivity contribution in [1.82, 2.24) is 5.32 Å². The molecule has 1 aromatic carbocycles. The average Bonchev–Trinajstić information content (AvgIpc) is 3.17. The number of hydrogen-bond donors (Lipinski definition) is 3. The van der Waals surface area contributed by atoms with Crippen LogP contribution in [0.15, 0.2) is 36.9 Å². The molecule has 6 nitrogen and oxygen atoms in total. The summed E-state index contributed by atoms with van der Waals surface area (Å²) < 4.78 is 5.44.